The van der Waals surface area contributed by atoms with Crippen molar-refractivity contribution in [3.05, 3.63) is 29.8 Å². The molecule has 3 atom stereocenters. The number of rotatable bonds is 4. The summed E-state index contributed by atoms with van der Waals surface area (Å²) in [5.41, 5.74) is 1.33. The van der Waals surface area contributed by atoms with E-state index in [0.29, 0.717) is 23.9 Å². The fourth-order valence-corrected chi connectivity index (χ4v) is 5.13. The topological polar surface area (TPSA) is 44.8 Å². The van der Waals surface area contributed by atoms with Crippen molar-refractivity contribution in [2.45, 2.75) is 44.2 Å². The molecular weight excluding hydrogens is 314 g/mol. The molecule has 0 unspecified atom stereocenters. The second kappa shape index (κ2) is 6.87. The van der Waals surface area contributed by atoms with Crippen LogP contribution in [0.25, 0.3) is 0 Å². The largest absolute Gasteiger partial charge is 0.497 e. The lowest BCUT2D eigenvalue weighted by Crippen LogP contribution is -2.61. The third-order valence-electron chi connectivity index (χ3n) is 6.33. The van der Waals surface area contributed by atoms with Gasteiger partial charge in [0.15, 0.2) is 0 Å². The molecule has 1 aromatic carbocycles. The Kier molecular flexibility index (Phi) is 4.59. The molecule has 4 aliphatic rings. The molecule has 25 heavy (non-hydrogen) atoms. The van der Waals surface area contributed by atoms with E-state index in [9.17, 15) is 4.79 Å². The van der Waals surface area contributed by atoms with E-state index in [1.807, 2.05) is 12.1 Å². The van der Waals surface area contributed by atoms with Gasteiger partial charge in [-0.05, 0) is 56.0 Å². The molecule has 0 spiro atoms. The van der Waals surface area contributed by atoms with Crippen molar-refractivity contribution in [2.75, 3.05) is 33.3 Å². The molecule has 4 fully saturated rings. The van der Waals surface area contributed by atoms with Crippen molar-refractivity contribution in [1.82, 2.24) is 15.1 Å². The number of methoxy groups -OCH3 is 1. The minimum Gasteiger partial charge on any atom is -0.497 e. The van der Waals surface area contributed by atoms with Gasteiger partial charge in [-0.2, -0.15) is 0 Å². The quantitative estimate of drug-likeness (QED) is 0.914. The molecule has 5 rings (SSSR count). The summed E-state index contributed by atoms with van der Waals surface area (Å²) in [6.07, 6.45) is 3.44. The number of piperidine rings is 3. The number of fused-ring (bicyclic) bond motifs is 2. The lowest BCUT2D eigenvalue weighted by atomic mass is 9.75. The van der Waals surface area contributed by atoms with E-state index < -0.39 is 0 Å². The number of carbonyl (C=O) groups excluding carboxylic acids is 1. The molecule has 4 aliphatic heterocycles. The maximum atomic E-state index is 12.8. The van der Waals surface area contributed by atoms with E-state index in [2.05, 4.69) is 34.2 Å². The van der Waals surface area contributed by atoms with Gasteiger partial charge in [0.05, 0.1) is 13.2 Å². The van der Waals surface area contributed by atoms with Crippen LogP contribution in [0.5, 0.6) is 5.75 Å². The highest BCUT2D eigenvalue weighted by Crippen LogP contribution is 2.46. The summed E-state index contributed by atoms with van der Waals surface area (Å²) in [5, 5.41) is 3.11. The smallest absolute Gasteiger partial charge is 0.317 e. The molecule has 0 saturated carbocycles. The van der Waals surface area contributed by atoms with Crippen LogP contribution in [0.3, 0.4) is 0 Å². The molecular formula is C20H29N3O2. The van der Waals surface area contributed by atoms with Crippen LogP contribution in [0.15, 0.2) is 24.3 Å². The van der Waals surface area contributed by atoms with E-state index in [-0.39, 0.29) is 6.03 Å². The first-order valence-electron chi connectivity index (χ1n) is 9.65. The molecule has 136 valence electrons. The van der Waals surface area contributed by atoms with Crippen molar-refractivity contribution in [3.8, 4) is 5.75 Å². The number of hydrogen-bond donors (Lipinski definition) is 1. The average Bonchev–Trinajstić information content (AvgIpc) is 3.10. The molecule has 5 nitrogen and oxygen atoms in total. The van der Waals surface area contributed by atoms with E-state index in [1.165, 1.54) is 31.5 Å². The van der Waals surface area contributed by atoms with Gasteiger partial charge in [0, 0.05) is 25.0 Å². The van der Waals surface area contributed by atoms with Crippen LogP contribution < -0.4 is 10.1 Å². The molecule has 0 aromatic heterocycles. The monoisotopic (exact) mass is 343 g/mol. The van der Waals surface area contributed by atoms with Crippen molar-refractivity contribution in [1.29, 1.82) is 0 Å². The summed E-state index contributed by atoms with van der Waals surface area (Å²) < 4.78 is 5.31. The maximum Gasteiger partial charge on any atom is 0.317 e. The third-order valence-corrected chi connectivity index (χ3v) is 6.33. The Labute approximate surface area is 150 Å². The average molecular weight is 343 g/mol. The molecule has 4 saturated heterocycles. The van der Waals surface area contributed by atoms with Gasteiger partial charge in [-0.1, -0.05) is 19.1 Å². The van der Waals surface area contributed by atoms with Gasteiger partial charge in [0.2, 0.25) is 0 Å². The number of nitrogens with one attached hydrogen (secondary N) is 1. The third kappa shape index (κ3) is 2.88. The SMILES string of the molecule is CCCNC(=O)N1C[C@@H](c2ccc(OC)cc2)[C@@H]2[C@H]1C1CCN2CC1. The highest BCUT2D eigenvalue weighted by Gasteiger charge is 2.54. The Balaban J connectivity index is 1.62. The summed E-state index contributed by atoms with van der Waals surface area (Å²) >= 11 is 0. The standard InChI is InChI=1S/C20H29N3O2/c1-3-10-21-20(24)23-13-17(14-4-6-16(25-2)7-5-14)19-18(23)15-8-11-22(19)12-9-15/h4-7,15,17-19H,3,8-13H2,1-2H3,(H,21,24)/t17-,18+,19+/m0/s1. The van der Waals surface area contributed by atoms with Gasteiger partial charge < -0.3 is 15.0 Å². The fourth-order valence-electron chi connectivity index (χ4n) is 5.13. The zero-order valence-corrected chi connectivity index (χ0v) is 15.3. The number of nitrogens with zero attached hydrogens (tertiary/aromatic N) is 2. The molecule has 0 radical (unpaired) electrons. The van der Waals surface area contributed by atoms with Crippen LogP contribution in [0, 0.1) is 5.92 Å². The second-order valence-corrected chi connectivity index (χ2v) is 7.62. The van der Waals surface area contributed by atoms with Gasteiger partial charge in [-0.25, -0.2) is 4.79 Å². The van der Waals surface area contributed by atoms with Crippen LogP contribution >= 0.6 is 0 Å². The van der Waals surface area contributed by atoms with Crippen LogP contribution in [-0.4, -0.2) is 61.2 Å². The lowest BCUT2D eigenvalue weighted by molar-refractivity contribution is 0.00356. The van der Waals surface area contributed by atoms with Gasteiger partial charge in [0.1, 0.15) is 5.75 Å². The first kappa shape index (κ1) is 16.7. The van der Waals surface area contributed by atoms with Crippen molar-refractivity contribution in [3.63, 3.8) is 0 Å². The molecule has 5 heteroatoms. The molecule has 2 amide bonds. The number of hydrogen-bond acceptors (Lipinski definition) is 3. The lowest BCUT2D eigenvalue weighted by Gasteiger charge is -2.51. The predicted molar refractivity (Wildman–Crippen MR) is 98.0 cm³/mol. The summed E-state index contributed by atoms with van der Waals surface area (Å²) in [6, 6.07) is 9.40. The van der Waals surface area contributed by atoms with Gasteiger partial charge in [0.25, 0.3) is 0 Å². The molecule has 1 N–H and O–H groups in total. The summed E-state index contributed by atoms with van der Waals surface area (Å²) in [7, 11) is 1.70. The van der Waals surface area contributed by atoms with Crippen molar-refractivity contribution < 1.29 is 9.53 Å². The van der Waals surface area contributed by atoms with Crippen LogP contribution in [-0.2, 0) is 0 Å². The predicted octanol–water partition coefficient (Wildman–Crippen LogP) is 2.68. The summed E-state index contributed by atoms with van der Waals surface area (Å²) in [5.74, 6) is 1.94. The van der Waals surface area contributed by atoms with E-state index in [4.69, 9.17) is 4.74 Å². The highest BCUT2D eigenvalue weighted by molar-refractivity contribution is 5.75. The number of ether oxygens (including phenoxy) is 1. The maximum absolute atomic E-state index is 12.8. The van der Waals surface area contributed by atoms with Crippen LogP contribution in [0.1, 0.15) is 37.7 Å². The number of amides is 2. The Hall–Kier alpha value is -1.75. The minimum absolute atomic E-state index is 0.126. The molecule has 4 heterocycles. The zero-order valence-electron chi connectivity index (χ0n) is 15.3. The molecule has 1 aromatic rings. The highest BCUT2D eigenvalue weighted by atomic mass is 16.5. The van der Waals surface area contributed by atoms with E-state index in [1.54, 1.807) is 7.11 Å². The summed E-state index contributed by atoms with van der Waals surface area (Å²) in [6.45, 7) is 6.05. The van der Waals surface area contributed by atoms with E-state index in [0.717, 1.165) is 25.3 Å². The van der Waals surface area contributed by atoms with Crippen molar-refractivity contribution >= 4 is 6.03 Å². The Bertz CT molecular complexity index is 610. The summed E-state index contributed by atoms with van der Waals surface area (Å²) in [4.78, 5) is 17.6. The van der Waals surface area contributed by atoms with Gasteiger partial charge >= 0.3 is 6.03 Å². The minimum atomic E-state index is 0.126. The first-order chi connectivity index (χ1) is 12.2. The molecule has 0 aliphatic carbocycles. The Morgan fingerprint density at radius 2 is 1.92 bits per heavy atom. The number of benzene rings is 1. The fraction of sp³-hybridized carbons (Fsp3) is 0.650. The number of urea groups is 1. The first-order valence-corrected chi connectivity index (χ1v) is 9.65. The molecule has 2 bridgehead atoms. The van der Waals surface area contributed by atoms with Crippen LogP contribution in [0.4, 0.5) is 4.79 Å². The normalized spacial score (nSPS) is 33.2. The zero-order chi connectivity index (χ0) is 17.4. The van der Waals surface area contributed by atoms with Crippen molar-refractivity contribution in [2.24, 2.45) is 5.92 Å². The van der Waals surface area contributed by atoms with Gasteiger partial charge in [-0.15, -0.1) is 0 Å². The Morgan fingerprint density at radius 3 is 2.56 bits per heavy atom. The van der Waals surface area contributed by atoms with Crippen LogP contribution in [0.2, 0.25) is 0 Å². The Morgan fingerprint density at radius 1 is 1.20 bits per heavy atom. The van der Waals surface area contributed by atoms with E-state index >= 15 is 0 Å². The number of carbonyl (C=O) groups is 1. The van der Waals surface area contributed by atoms with Gasteiger partial charge in [-0.3, -0.25) is 4.90 Å². The number of likely N-dealkylation sites (tertiary alicyclic amines) is 1. The second-order valence-electron chi connectivity index (χ2n) is 7.62.